The lowest BCUT2D eigenvalue weighted by atomic mass is 9.69. The predicted octanol–water partition coefficient (Wildman–Crippen LogP) is 2.85. The number of amides is 1. The van der Waals surface area contributed by atoms with Crippen LogP contribution in [0.1, 0.15) is 65.7 Å². The van der Waals surface area contributed by atoms with E-state index >= 15 is 0 Å². The number of hydrogen-bond acceptors (Lipinski definition) is 2. The monoisotopic (exact) mass is 266 g/mol. The third kappa shape index (κ3) is 4.48. The average Bonchev–Trinajstić information content (AvgIpc) is 3.21. The van der Waals surface area contributed by atoms with Gasteiger partial charge in [0.05, 0.1) is 6.54 Å². The van der Waals surface area contributed by atoms with Gasteiger partial charge in [-0.25, -0.2) is 0 Å². The molecule has 0 atom stereocenters. The van der Waals surface area contributed by atoms with Crippen molar-refractivity contribution in [2.24, 2.45) is 11.3 Å². The van der Waals surface area contributed by atoms with Crippen LogP contribution in [0.4, 0.5) is 0 Å². The maximum atomic E-state index is 11.6. The molecule has 2 N–H and O–H groups in total. The van der Waals surface area contributed by atoms with Gasteiger partial charge in [-0.1, -0.05) is 27.2 Å². The molecular formula is C16H30N2O. The molecule has 0 aliphatic heterocycles. The minimum absolute atomic E-state index is 0.179. The Kier molecular flexibility index (Phi) is 4.88. The van der Waals surface area contributed by atoms with Crippen molar-refractivity contribution in [3.63, 3.8) is 0 Å². The highest BCUT2D eigenvalue weighted by molar-refractivity contribution is 5.78. The predicted molar refractivity (Wildman–Crippen MR) is 79.0 cm³/mol. The van der Waals surface area contributed by atoms with Crippen LogP contribution in [0.2, 0.25) is 0 Å². The maximum Gasteiger partial charge on any atom is 0.234 e. The quantitative estimate of drug-likeness (QED) is 0.776. The molecular weight excluding hydrogens is 236 g/mol. The zero-order chi connectivity index (χ0) is 13.9. The Labute approximate surface area is 117 Å². The Morgan fingerprint density at radius 3 is 2.16 bits per heavy atom. The summed E-state index contributed by atoms with van der Waals surface area (Å²) in [6, 6.07) is 1.03. The zero-order valence-corrected chi connectivity index (χ0v) is 12.8. The summed E-state index contributed by atoms with van der Waals surface area (Å²) in [6.07, 6.45) is 8.67. The summed E-state index contributed by atoms with van der Waals surface area (Å²) in [7, 11) is 0. The van der Waals surface area contributed by atoms with E-state index in [9.17, 15) is 4.79 Å². The summed E-state index contributed by atoms with van der Waals surface area (Å²) in [5, 5.41) is 6.47. The van der Waals surface area contributed by atoms with Gasteiger partial charge in [-0.2, -0.15) is 0 Å². The third-order valence-electron chi connectivity index (χ3n) is 5.24. The second kappa shape index (κ2) is 6.25. The minimum atomic E-state index is 0.179. The summed E-state index contributed by atoms with van der Waals surface area (Å²) >= 11 is 0. The molecule has 0 radical (unpaired) electrons. The van der Waals surface area contributed by atoms with Crippen molar-refractivity contribution in [1.29, 1.82) is 0 Å². The first-order valence-corrected chi connectivity index (χ1v) is 8.04. The molecule has 19 heavy (non-hydrogen) atoms. The first-order valence-electron chi connectivity index (χ1n) is 8.04. The number of rotatable bonds is 6. The molecule has 3 heteroatoms. The summed E-state index contributed by atoms with van der Waals surface area (Å²) in [4.78, 5) is 11.6. The summed E-state index contributed by atoms with van der Waals surface area (Å²) < 4.78 is 0. The highest BCUT2D eigenvalue weighted by Gasteiger charge is 2.31. The van der Waals surface area contributed by atoms with Gasteiger partial charge >= 0.3 is 0 Å². The summed E-state index contributed by atoms with van der Waals surface area (Å²) in [5.41, 5.74) is 0.480. The second-order valence-electron chi connectivity index (χ2n) is 7.11. The largest absolute Gasteiger partial charge is 0.352 e. The van der Waals surface area contributed by atoms with Gasteiger partial charge in [-0.3, -0.25) is 4.79 Å². The van der Waals surface area contributed by atoms with Crippen LogP contribution >= 0.6 is 0 Å². The van der Waals surface area contributed by atoms with E-state index in [-0.39, 0.29) is 5.91 Å². The van der Waals surface area contributed by atoms with Crippen LogP contribution in [0.3, 0.4) is 0 Å². The molecule has 2 aliphatic rings. The Balaban J connectivity index is 1.64. The maximum absolute atomic E-state index is 11.6. The van der Waals surface area contributed by atoms with Crippen molar-refractivity contribution < 1.29 is 4.79 Å². The van der Waals surface area contributed by atoms with Crippen molar-refractivity contribution >= 4 is 5.91 Å². The molecule has 2 aliphatic carbocycles. The Morgan fingerprint density at radius 1 is 1.05 bits per heavy atom. The fourth-order valence-corrected chi connectivity index (χ4v) is 3.11. The summed E-state index contributed by atoms with van der Waals surface area (Å²) in [6.45, 7) is 7.60. The van der Waals surface area contributed by atoms with Crippen LogP contribution in [0.5, 0.6) is 0 Å². The van der Waals surface area contributed by atoms with Crippen molar-refractivity contribution in [3.8, 4) is 0 Å². The topological polar surface area (TPSA) is 41.1 Å². The van der Waals surface area contributed by atoms with Gasteiger partial charge < -0.3 is 10.6 Å². The van der Waals surface area contributed by atoms with E-state index in [1.54, 1.807) is 0 Å². The fourth-order valence-electron chi connectivity index (χ4n) is 3.11. The molecule has 0 aromatic carbocycles. The van der Waals surface area contributed by atoms with Crippen LogP contribution in [0, 0.1) is 11.3 Å². The van der Waals surface area contributed by atoms with E-state index in [1.807, 2.05) is 0 Å². The SMILES string of the molecule is CCC(C)(C)C1CCC(NCC(=O)NC2CC2)CC1. The average molecular weight is 266 g/mol. The van der Waals surface area contributed by atoms with Gasteiger partial charge in [0.1, 0.15) is 0 Å². The van der Waals surface area contributed by atoms with E-state index in [0.717, 1.165) is 5.92 Å². The van der Waals surface area contributed by atoms with E-state index in [0.29, 0.717) is 24.0 Å². The molecule has 2 fully saturated rings. The van der Waals surface area contributed by atoms with Crippen molar-refractivity contribution in [2.75, 3.05) is 6.54 Å². The van der Waals surface area contributed by atoms with E-state index in [4.69, 9.17) is 0 Å². The number of nitrogens with one attached hydrogen (secondary N) is 2. The molecule has 0 aromatic rings. The molecule has 2 rings (SSSR count). The van der Waals surface area contributed by atoms with Gasteiger partial charge in [0.2, 0.25) is 5.91 Å². The van der Waals surface area contributed by atoms with Crippen LogP contribution in [0.15, 0.2) is 0 Å². The van der Waals surface area contributed by atoms with E-state index in [2.05, 4.69) is 31.4 Å². The normalized spacial score (nSPS) is 28.2. The standard InChI is InChI=1S/C16H30N2O/c1-4-16(2,3)12-5-7-13(8-6-12)17-11-15(19)18-14-9-10-14/h12-14,17H,4-11H2,1-3H3,(H,18,19). The molecule has 2 saturated carbocycles. The van der Waals surface area contributed by atoms with Crippen LogP contribution < -0.4 is 10.6 Å². The molecule has 0 saturated heterocycles. The van der Waals surface area contributed by atoms with Crippen molar-refractivity contribution in [1.82, 2.24) is 10.6 Å². The van der Waals surface area contributed by atoms with Gasteiger partial charge in [-0.15, -0.1) is 0 Å². The van der Waals surface area contributed by atoms with E-state index < -0.39 is 0 Å². The summed E-state index contributed by atoms with van der Waals surface area (Å²) in [5.74, 6) is 1.04. The van der Waals surface area contributed by atoms with E-state index in [1.165, 1.54) is 44.9 Å². The van der Waals surface area contributed by atoms with Crippen LogP contribution in [0.25, 0.3) is 0 Å². The number of hydrogen-bond donors (Lipinski definition) is 2. The number of carbonyl (C=O) groups is 1. The minimum Gasteiger partial charge on any atom is -0.352 e. The first-order chi connectivity index (χ1) is 9.01. The van der Waals surface area contributed by atoms with Gasteiger partial charge in [0, 0.05) is 12.1 Å². The molecule has 110 valence electrons. The molecule has 0 unspecified atom stereocenters. The zero-order valence-electron chi connectivity index (χ0n) is 12.8. The molecule has 0 aromatic heterocycles. The molecule has 0 bridgehead atoms. The molecule has 0 spiro atoms. The Morgan fingerprint density at radius 2 is 1.63 bits per heavy atom. The second-order valence-corrected chi connectivity index (χ2v) is 7.11. The lowest BCUT2D eigenvalue weighted by Gasteiger charge is -2.39. The first kappa shape index (κ1) is 14.8. The lowest BCUT2D eigenvalue weighted by Crippen LogP contribution is -2.42. The van der Waals surface area contributed by atoms with Crippen molar-refractivity contribution in [3.05, 3.63) is 0 Å². The molecule has 3 nitrogen and oxygen atoms in total. The highest BCUT2D eigenvalue weighted by Crippen LogP contribution is 2.40. The highest BCUT2D eigenvalue weighted by atomic mass is 16.2. The van der Waals surface area contributed by atoms with Gasteiger partial charge in [-0.05, 0) is 49.9 Å². The Hall–Kier alpha value is -0.570. The smallest absolute Gasteiger partial charge is 0.234 e. The third-order valence-corrected chi connectivity index (χ3v) is 5.24. The van der Waals surface area contributed by atoms with Crippen LogP contribution in [-0.2, 0) is 4.79 Å². The Bertz CT molecular complexity index is 302. The fraction of sp³-hybridized carbons (Fsp3) is 0.938. The van der Waals surface area contributed by atoms with Gasteiger partial charge in [0.15, 0.2) is 0 Å². The molecule has 1 amide bonds. The van der Waals surface area contributed by atoms with Crippen molar-refractivity contribution in [2.45, 2.75) is 77.8 Å². The number of carbonyl (C=O) groups excluding carboxylic acids is 1. The lowest BCUT2D eigenvalue weighted by molar-refractivity contribution is -0.120. The van der Waals surface area contributed by atoms with Crippen LogP contribution in [-0.4, -0.2) is 24.5 Å². The van der Waals surface area contributed by atoms with Gasteiger partial charge in [0.25, 0.3) is 0 Å². The molecule has 0 heterocycles.